The molecule has 0 bridgehead atoms. The van der Waals surface area contributed by atoms with E-state index < -0.39 is 18.2 Å². The van der Waals surface area contributed by atoms with Gasteiger partial charge in [-0.1, -0.05) is 275 Å². The van der Waals surface area contributed by atoms with Gasteiger partial charge in [0.1, 0.15) is 35.2 Å². The van der Waals surface area contributed by atoms with Crippen molar-refractivity contribution in [2.45, 2.75) is 127 Å². The molecule has 15 rings (SSSR count). The second kappa shape index (κ2) is 38.9. The fraction of sp³-hybridized carbons (Fsp3) is 0.220. The minimum atomic E-state index is -1.31. The summed E-state index contributed by atoms with van der Waals surface area (Å²) in [7, 11) is 10.4. The van der Waals surface area contributed by atoms with E-state index in [1.807, 2.05) is 64.1 Å². The molecule has 0 saturated carbocycles. The van der Waals surface area contributed by atoms with Gasteiger partial charge in [0, 0.05) is 94.0 Å². The molecule has 0 amide bonds. The average molecular weight is 1500 g/mol. The van der Waals surface area contributed by atoms with Crippen LogP contribution >= 0.6 is 0 Å². The highest BCUT2D eigenvalue weighted by Gasteiger charge is 2.20. The molecule has 10 aromatic carbocycles. The van der Waals surface area contributed by atoms with Crippen LogP contribution in [0, 0.1) is 34.6 Å². The molecule has 0 saturated heterocycles. The Kier molecular flexibility index (Phi) is 26.4. The molecule has 0 aliphatic carbocycles. The van der Waals surface area contributed by atoms with Crippen molar-refractivity contribution in [1.82, 2.24) is 0 Å². The molecule has 0 fully saturated rings. The Balaban J connectivity index is 0.000000145. The van der Waals surface area contributed by atoms with Crippen molar-refractivity contribution in [2.24, 2.45) is 35.2 Å². The third kappa shape index (κ3) is 21.0. The molecule has 0 radical (unpaired) electrons. The van der Waals surface area contributed by atoms with Crippen LogP contribution < -0.4 is 22.8 Å². The highest BCUT2D eigenvalue weighted by atomic mass is 14.9. The van der Waals surface area contributed by atoms with Crippen LogP contribution in [0.3, 0.4) is 0 Å². The summed E-state index contributed by atoms with van der Waals surface area (Å²) < 4.78 is 42.9. The molecule has 5 aromatic heterocycles. The average Bonchev–Trinajstić information content (AvgIpc) is 0.806. The normalized spacial score (nSPS) is 11.8. The van der Waals surface area contributed by atoms with Crippen molar-refractivity contribution in [2.75, 3.05) is 0 Å². The van der Waals surface area contributed by atoms with Gasteiger partial charge in [-0.05, 0) is 206 Å². The van der Waals surface area contributed by atoms with E-state index in [1.165, 1.54) is 134 Å². The summed E-state index contributed by atoms with van der Waals surface area (Å²) in [6.07, 6.45) is 9.28. The highest BCUT2D eigenvalue weighted by molar-refractivity contribution is 5.76. The van der Waals surface area contributed by atoms with Crippen LogP contribution in [0.4, 0.5) is 0 Å². The van der Waals surface area contributed by atoms with Crippen LogP contribution in [0.1, 0.15) is 147 Å². The van der Waals surface area contributed by atoms with E-state index in [-0.39, 0.29) is 0 Å². The second-order valence-electron chi connectivity index (χ2n) is 31.2. The molecule has 574 valence electrons. The van der Waals surface area contributed by atoms with Crippen LogP contribution in [0.15, 0.2) is 334 Å². The first-order valence-corrected chi connectivity index (χ1v) is 40.0. The van der Waals surface area contributed by atoms with Crippen LogP contribution in [-0.2, 0) is 41.6 Å². The monoisotopic (exact) mass is 1500 g/mol. The number of hydrogen-bond acceptors (Lipinski definition) is 0. The maximum atomic E-state index is 8.27. The fourth-order valence-electron chi connectivity index (χ4n) is 14.4. The van der Waals surface area contributed by atoms with Gasteiger partial charge in [0.15, 0.2) is 31.0 Å². The van der Waals surface area contributed by atoms with Gasteiger partial charge in [-0.15, -0.1) is 0 Å². The molecule has 5 nitrogen and oxygen atoms in total. The van der Waals surface area contributed by atoms with E-state index in [1.54, 1.807) is 6.92 Å². The van der Waals surface area contributed by atoms with Gasteiger partial charge in [0.25, 0.3) is 0 Å². The summed E-state index contributed by atoms with van der Waals surface area (Å²) in [6.45, 7) is 29.0. The lowest BCUT2D eigenvalue weighted by Gasteiger charge is -2.10. The molecule has 15 aromatic rings. The van der Waals surface area contributed by atoms with Gasteiger partial charge in [-0.3, -0.25) is 0 Å². The van der Waals surface area contributed by atoms with Crippen LogP contribution in [0.25, 0.3) is 112 Å². The Morgan fingerprint density at radius 1 is 0.237 bits per heavy atom. The van der Waals surface area contributed by atoms with E-state index in [2.05, 4.69) is 418 Å². The van der Waals surface area contributed by atoms with Gasteiger partial charge in [0.2, 0.25) is 28.5 Å². The number of pyridine rings is 5. The van der Waals surface area contributed by atoms with Gasteiger partial charge in [0.05, 0.1) is 0 Å². The van der Waals surface area contributed by atoms with Crippen molar-refractivity contribution in [3.8, 4) is 112 Å². The standard InChI is InChI=1S/4C22H24N.C21H22N/c2*1-16(2)18-9-7-10-19(14-18)20-12-13-23(4)22(15-20)21-11-6-5-8-17(21)3;2*1-16(2)18-9-11-19(12-10-18)20-13-14-23(4)22(15-20)21-8-6-5-7-17(21)3;1-4-17-9-11-18(12-10-17)19-13-14-22(3)21(15-19)20-8-6-5-7-16(20)2/h4*5-16H,1-4H3;5-15H,4H2,1-3H3/q5*+1/i16D;;16D;;4D2. The topological polar surface area (TPSA) is 19.4 Å². The smallest absolute Gasteiger partial charge is 0.201 e. The molecule has 0 spiro atoms. The predicted octanol–water partition coefficient (Wildman–Crippen LogP) is 25.8. The summed E-state index contributed by atoms with van der Waals surface area (Å²) in [6, 6.07) is 107. The first kappa shape index (κ1) is 77.3. The lowest BCUT2D eigenvalue weighted by Crippen LogP contribution is -2.30. The van der Waals surface area contributed by atoms with Crippen LogP contribution in [0.5, 0.6) is 0 Å². The molecule has 0 aliphatic rings. The number of aryl methyl sites for hydroxylation is 11. The van der Waals surface area contributed by atoms with E-state index >= 15 is 0 Å². The third-order valence-electron chi connectivity index (χ3n) is 21.7. The minimum absolute atomic E-state index is 0.547. The van der Waals surface area contributed by atoms with Crippen LogP contribution in [0.2, 0.25) is 0 Å². The van der Waals surface area contributed by atoms with Crippen LogP contribution in [-0.4, -0.2) is 0 Å². The summed E-state index contributed by atoms with van der Waals surface area (Å²) in [5.41, 5.74) is 36.3. The molecule has 5 heteroatoms. The summed E-state index contributed by atoms with van der Waals surface area (Å²) in [4.78, 5) is 0. The molecule has 114 heavy (non-hydrogen) atoms. The lowest BCUT2D eigenvalue weighted by atomic mass is 9.96. The van der Waals surface area contributed by atoms with E-state index in [0.717, 1.165) is 27.8 Å². The zero-order valence-electron chi connectivity index (χ0n) is 74.6. The van der Waals surface area contributed by atoms with E-state index in [0.29, 0.717) is 17.4 Å². The number of rotatable bonds is 15. The van der Waals surface area contributed by atoms with Crippen molar-refractivity contribution in [3.05, 3.63) is 390 Å². The van der Waals surface area contributed by atoms with Crippen molar-refractivity contribution < 1.29 is 28.3 Å². The molecule has 0 N–H and O–H groups in total. The summed E-state index contributed by atoms with van der Waals surface area (Å²) >= 11 is 0. The Morgan fingerprint density at radius 2 is 0.474 bits per heavy atom. The number of nitrogens with zero attached hydrogens (tertiary/aromatic N) is 5. The maximum Gasteiger partial charge on any atom is 0.213 e. The molecule has 0 atom stereocenters. The molecular formula is C109H118N5+5. The van der Waals surface area contributed by atoms with Gasteiger partial charge in [-0.2, -0.15) is 0 Å². The second-order valence-corrected chi connectivity index (χ2v) is 31.2. The zero-order valence-corrected chi connectivity index (χ0v) is 70.6. The zero-order chi connectivity index (χ0) is 84.8. The summed E-state index contributed by atoms with van der Waals surface area (Å²) in [5.74, 6) is -0.0341. The molecular weight excluding hydrogens is 1380 g/mol. The quantitative estimate of drug-likeness (QED) is 0.0912. The van der Waals surface area contributed by atoms with E-state index in [4.69, 9.17) is 5.48 Å². The van der Waals surface area contributed by atoms with Crippen molar-refractivity contribution >= 4 is 0 Å². The Labute approximate surface area is 688 Å². The largest absolute Gasteiger partial charge is 0.213 e. The highest BCUT2D eigenvalue weighted by Crippen LogP contribution is 2.34. The SMILES string of the molecule is Cc1ccccc1-c1cc(-c2ccc(C(C)C)cc2)cc[n+]1C.Cc1ccccc1-c1cc(-c2cccc(C(C)C)c2)cc[n+]1C.[2H]C(C)(C)c1ccc(-c2cc[n+](C)c(-c3ccccc3C)c2)cc1.[2H]C(C)(C)c1cccc(-c2cc[n+](C)c(-c3ccccc3C)c2)c1.[2H]C([2H])(C)c1ccc(-c2cc[n+](C)c(-c3ccccc3C)c2)cc1. The van der Waals surface area contributed by atoms with Gasteiger partial charge in [-0.25, -0.2) is 22.8 Å². The Morgan fingerprint density at radius 3 is 0.737 bits per heavy atom. The Hall–Kier alpha value is -12.1. The van der Waals surface area contributed by atoms with Crippen molar-refractivity contribution in [3.63, 3.8) is 0 Å². The third-order valence-corrected chi connectivity index (χ3v) is 21.7. The van der Waals surface area contributed by atoms with E-state index in [9.17, 15) is 0 Å². The number of aromatic nitrogens is 5. The number of hydrogen-bond donors (Lipinski definition) is 0. The first-order valence-electron chi connectivity index (χ1n) is 42.0. The number of benzene rings is 10. The molecule has 0 unspecified atom stereocenters. The summed E-state index contributed by atoms with van der Waals surface area (Å²) in [5, 5.41) is 0. The minimum Gasteiger partial charge on any atom is -0.201 e. The molecule has 0 aliphatic heterocycles. The lowest BCUT2D eigenvalue weighted by molar-refractivity contribution is -0.660. The predicted molar refractivity (Wildman–Crippen MR) is 482 cm³/mol. The first-order chi connectivity index (χ1) is 56.2. The Bertz CT molecular complexity index is 5790. The van der Waals surface area contributed by atoms with Gasteiger partial charge >= 0.3 is 0 Å². The molecule has 5 heterocycles. The fourth-order valence-corrected chi connectivity index (χ4v) is 14.4. The maximum absolute atomic E-state index is 8.27. The van der Waals surface area contributed by atoms with Gasteiger partial charge < -0.3 is 0 Å². The van der Waals surface area contributed by atoms with Crippen molar-refractivity contribution in [1.29, 1.82) is 0 Å².